The number of aryl methyl sites for hydroxylation is 1. The van der Waals surface area contributed by atoms with Gasteiger partial charge in [-0.05, 0) is 18.1 Å². The predicted molar refractivity (Wildman–Crippen MR) is 81.8 cm³/mol. The lowest BCUT2D eigenvalue weighted by atomic mass is 9.87. The summed E-state index contributed by atoms with van der Waals surface area (Å²) in [6.07, 6.45) is 1.80. The first-order valence-corrected chi connectivity index (χ1v) is 7.29. The average Bonchev–Trinajstić information content (AvgIpc) is 2.95. The van der Waals surface area contributed by atoms with Gasteiger partial charge in [-0.2, -0.15) is 0 Å². The molecule has 0 aliphatic carbocycles. The van der Waals surface area contributed by atoms with E-state index in [1.165, 1.54) is 11.3 Å². The fraction of sp³-hybridized carbons (Fsp3) is 0.118. The van der Waals surface area contributed by atoms with Gasteiger partial charge in [-0.25, -0.2) is 4.98 Å². The SMILES string of the molecule is Cc1cnc(C(O)(c2ccccc2)c2ccccc2)s1. The third-order valence-corrected chi connectivity index (χ3v) is 4.34. The van der Waals surface area contributed by atoms with Crippen LogP contribution in [0.1, 0.15) is 21.0 Å². The Morgan fingerprint density at radius 3 is 1.80 bits per heavy atom. The first-order valence-electron chi connectivity index (χ1n) is 6.47. The second-order valence-corrected chi connectivity index (χ2v) is 5.95. The number of thiazole rings is 1. The highest BCUT2D eigenvalue weighted by Gasteiger charge is 2.36. The molecular weight excluding hydrogens is 266 g/mol. The van der Waals surface area contributed by atoms with Crippen molar-refractivity contribution in [3.8, 4) is 0 Å². The van der Waals surface area contributed by atoms with E-state index in [0.717, 1.165) is 16.0 Å². The maximum Gasteiger partial charge on any atom is 0.166 e. The summed E-state index contributed by atoms with van der Waals surface area (Å²) in [6.45, 7) is 2.00. The Labute approximate surface area is 122 Å². The molecule has 0 aliphatic heterocycles. The van der Waals surface area contributed by atoms with Gasteiger partial charge in [0.2, 0.25) is 0 Å². The van der Waals surface area contributed by atoms with Crippen LogP contribution in [0.5, 0.6) is 0 Å². The van der Waals surface area contributed by atoms with E-state index in [1.807, 2.05) is 67.6 Å². The number of hydrogen-bond acceptors (Lipinski definition) is 3. The molecule has 0 unspecified atom stereocenters. The van der Waals surface area contributed by atoms with Crippen molar-refractivity contribution in [3.63, 3.8) is 0 Å². The van der Waals surface area contributed by atoms with Crippen LogP contribution in [-0.4, -0.2) is 10.1 Å². The fourth-order valence-electron chi connectivity index (χ4n) is 2.29. The molecule has 0 saturated heterocycles. The monoisotopic (exact) mass is 281 g/mol. The van der Waals surface area contributed by atoms with Gasteiger partial charge in [-0.1, -0.05) is 60.7 Å². The van der Waals surface area contributed by atoms with Crippen molar-refractivity contribution in [1.29, 1.82) is 0 Å². The lowest BCUT2D eigenvalue weighted by Gasteiger charge is -2.27. The summed E-state index contributed by atoms with van der Waals surface area (Å²) in [5.41, 5.74) is 0.475. The number of benzene rings is 2. The zero-order valence-electron chi connectivity index (χ0n) is 11.2. The van der Waals surface area contributed by atoms with Crippen molar-refractivity contribution in [3.05, 3.63) is 87.9 Å². The lowest BCUT2D eigenvalue weighted by molar-refractivity contribution is 0.125. The van der Waals surface area contributed by atoms with E-state index in [9.17, 15) is 5.11 Å². The molecule has 2 aromatic carbocycles. The van der Waals surface area contributed by atoms with E-state index in [0.29, 0.717) is 5.01 Å². The van der Waals surface area contributed by atoms with Crippen LogP contribution in [-0.2, 0) is 5.60 Å². The largest absolute Gasteiger partial charge is 0.374 e. The van der Waals surface area contributed by atoms with Crippen LogP contribution in [0.25, 0.3) is 0 Å². The highest BCUT2D eigenvalue weighted by molar-refractivity contribution is 7.11. The second-order valence-electron chi connectivity index (χ2n) is 4.72. The lowest BCUT2D eigenvalue weighted by Crippen LogP contribution is -2.28. The van der Waals surface area contributed by atoms with Gasteiger partial charge in [0.25, 0.3) is 0 Å². The summed E-state index contributed by atoms with van der Waals surface area (Å²) in [4.78, 5) is 5.50. The van der Waals surface area contributed by atoms with Gasteiger partial charge in [-0.15, -0.1) is 11.3 Å². The van der Waals surface area contributed by atoms with Crippen LogP contribution in [0.15, 0.2) is 66.9 Å². The quantitative estimate of drug-likeness (QED) is 0.793. The molecule has 100 valence electrons. The molecule has 0 saturated carbocycles. The van der Waals surface area contributed by atoms with Gasteiger partial charge in [0.15, 0.2) is 5.60 Å². The van der Waals surface area contributed by atoms with Gasteiger partial charge >= 0.3 is 0 Å². The third kappa shape index (κ3) is 2.15. The molecule has 0 bridgehead atoms. The minimum Gasteiger partial charge on any atom is -0.374 e. The summed E-state index contributed by atoms with van der Waals surface area (Å²) in [5.74, 6) is 0. The highest BCUT2D eigenvalue weighted by atomic mass is 32.1. The Bertz CT molecular complexity index is 652. The standard InChI is InChI=1S/C17H15NOS/c1-13-12-18-16(20-13)17(19,14-8-4-2-5-9-14)15-10-6-3-7-11-15/h2-12,19H,1H3. The molecule has 0 aliphatic rings. The van der Waals surface area contributed by atoms with E-state index in [-0.39, 0.29) is 0 Å². The summed E-state index contributed by atoms with van der Waals surface area (Å²) in [6, 6.07) is 19.4. The Morgan fingerprint density at radius 2 is 1.40 bits per heavy atom. The zero-order chi connectivity index (χ0) is 14.0. The smallest absolute Gasteiger partial charge is 0.166 e. The molecule has 0 spiro atoms. The molecule has 0 atom stereocenters. The molecule has 1 heterocycles. The summed E-state index contributed by atoms with van der Waals surface area (Å²) in [7, 11) is 0. The molecule has 0 radical (unpaired) electrons. The zero-order valence-corrected chi connectivity index (χ0v) is 12.0. The Morgan fingerprint density at radius 1 is 0.900 bits per heavy atom. The Kier molecular flexibility index (Phi) is 3.38. The van der Waals surface area contributed by atoms with E-state index < -0.39 is 5.60 Å². The van der Waals surface area contributed by atoms with E-state index in [1.54, 1.807) is 6.20 Å². The molecule has 20 heavy (non-hydrogen) atoms. The van der Waals surface area contributed by atoms with Gasteiger partial charge in [0, 0.05) is 11.1 Å². The maximum absolute atomic E-state index is 11.4. The van der Waals surface area contributed by atoms with E-state index >= 15 is 0 Å². The van der Waals surface area contributed by atoms with Crippen LogP contribution in [0, 0.1) is 6.92 Å². The van der Waals surface area contributed by atoms with Crippen LogP contribution in [0.3, 0.4) is 0 Å². The van der Waals surface area contributed by atoms with Crippen molar-refractivity contribution in [2.24, 2.45) is 0 Å². The van der Waals surface area contributed by atoms with Crippen LogP contribution < -0.4 is 0 Å². The number of hydrogen-bond donors (Lipinski definition) is 1. The van der Waals surface area contributed by atoms with Crippen molar-refractivity contribution in [2.45, 2.75) is 12.5 Å². The number of aromatic nitrogens is 1. The topological polar surface area (TPSA) is 33.1 Å². The van der Waals surface area contributed by atoms with Gasteiger partial charge in [-0.3, -0.25) is 0 Å². The maximum atomic E-state index is 11.4. The van der Waals surface area contributed by atoms with Crippen molar-refractivity contribution < 1.29 is 5.11 Å². The minimum absolute atomic E-state index is 0.701. The van der Waals surface area contributed by atoms with Crippen molar-refractivity contribution in [2.75, 3.05) is 0 Å². The van der Waals surface area contributed by atoms with Crippen molar-refractivity contribution in [1.82, 2.24) is 4.98 Å². The molecule has 3 rings (SSSR count). The Balaban J connectivity index is 2.23. The first-order chi connectivity index (χ1) is 9.71. The third-order valence-electron chi connectivity index (χ3n) is 3.31. The molecular formula is C17H15NOS. The molecule has 0 amide bonds. The van der Waals surface area contributed by atoms with E-state index in [2.05, 4.69) is 4.98 Å². The summed E-state index contributed by atoms with van der Waals surface area (Å²) < 4.78 is 0. The average molecular weight is 281 g/mol. The molecule has 1 N–H and O–H groups in total. The fourth-order valence-corrected chi connectivity index (χ4v) is 3.19. The summed E-state index contributed by atoms with van der Waals surface area (Å²) >= 11 is 1.52. The van der Waals surface area contributed by atoms with Gasteiger partial charge in [0.05, 0.1) is 0 Å². The number of aliphatic hydroxyl groups is 1. The normalized spacial score (nSPS) is 11.5. The van der Waals surface area contributed by atoms with Gasteiger partial charge in [0.1, 0.15) is 5.01 Å². The Hall–Kier alpha value is -1.97. The summed E-state index contributed by atoms with van der Waals surface area (Å²) in [5, 5.41) is 12.1. The molecule has 3 aromatic rings. The molecule has 1 aromatic heterocycles. The molecule has 0 fully saturated rings. The van der Waals surface area contributed by atoms with Crippen LogP contribution in [0.4, 0.5) is 0 Å². The molecule has 3 heteroatoms. The van der Waals surface area contributed by atoms with Gasteiger partial charge < -0.3 is 5.11 Å². The highest BCUT2D eigenvalue weighted by Crippen LogP contribution is 2.38. The molecule has 2 nitrogen and oxygen atoms in total. The van der Waals surface area contributed by atoms with E-state index in [4.69, 9.17) is 0 Å². The minimum atomic E-state index is -1.19. The van der Waals surface area contributed by atoms with Crippen LogP contribution in [0.2, 0.25) is 0 Å². The number of nitrogens with zero attached hydrogens (tertiary/aromatic N) is 1. The van der Waals surface area contributed by atoms with Crippen LogP contribution >= 0.6 is 11.3 Å². The van der Waals surface area contributed by atoms with Crippen molar-refractivity contribution >= 4 is 11.3 Å². The first kappa shape index (κ1) is 13.0. The number of rotatable bonds is 3. The predicted octanol–water partition coefficient (Wildman–Crippen LogP) is 3.74. The second kappa shape index (κ2) is 5.19.